The van der Waals surface area contributed by atoms with Crippen molar-refractivity contribution >= 4 is 45.8 Å². The number of fused-ring (bicyclic) bond motifs is 2. The number of hydrogen-bond donors (Lipinski definition) is 0. The molecule has 0 amide bonds. The molecule has 0 N–H and O–H groups in total. The van der Waals surface area contributed by atoms with E-state index in [9.17, 15) is 0 Å². The number of allylic oxidation sites excluding steroid dienone is 1. The molecule has 200 valence electrons. The minimum Gasteiger partial charge on any atom is -0.414 e. The van der Waals surface area contributed by atoms with E-state index in [2.05, 4.69) is 15.9 Å². The van der Waals surface area contributed by atoms with Gasteiger partial charge in [-0.1, -0.05) is 120 Å². The Bertz CT molecular complexity index is 1910. The first-order chi connectivity index (χ1) is 19.8. The van der Waals surface area contributed by atoms with Crippen LogP contribution in [0.15, 0.2) is 125 Å². The highest BCUT2D eigenvalue weighted by Crippen LogP contribution is 2.47. The first-order valence-electron chi connectivity index (χ1n) is 13.5. The topological polar surface area (TPSA) is 20.3 Å². The fourth-order valence-corrected chi connectivity index (χ4v) is 6.56. The van der Waals surface area contributed by atoms with E-state index in [1.54, 1.807) is 0 Å². The maximum absolute atomic E-state index is 17.4. The third kappa shape index (κ3) is 4.06. The third-order valence-electron chi connectivity index (χ3n) is 7.78. The molecule has 41 heavy (non-hydrogen) atoms. The van der Waals surface area contributed by atoms with Crippen LogP contribution < -0.4 is 0 Å². The molecule has 3 nitrogen and oxygen atoms in total. The summed E-state index contributed by atoms with van der Waals surface area (Å²) >= 11 is 3.76. The van der Waals surface area contributed by atoms with Crippen LogP contribution in [0.2, 0.25) is 0 Å². The van der Waals surface area contributed by atoms with E-state index in [1.165, 1.54) is 0 Å². The lowest BCUT2D eigenvalue weighted by atomic mass is 9.90. The summed E-state index contributed by atoms with van der Waals surface area (Å²) in [5.74, 6) is 0.490. The number of hydrogen-bond acceptors (Lipinski definition) is 1. The van der Waals surface area contributed by atoms with Crippen molar-refractivity contribution in [2.45, 2.75) is 13.8 Å². The maximum Gasteiger partial charge on any atom is 0.642 e. The Hall–Kier alpha value is -4.36. The minimum atomic E-state index is -4.37. The average molecular weight is 604 g/mol. The third-order valence-corrected chi connectivity index (χ3v) is 8.55. The Labute approximate surface area is 246 Å². The molecular formula is C34H25BBrF2N3. The van der Waals surface area contributed by atoms with Crippen LogP contribution in [0.5, 0.6) is 0 Å². The van der Waals surface area contributed by atoms with Crippen molar-refractivity contribution in [2.24, 2.45) is 4.99 Å². The number of aromatic nitrogens is 1. The predicted molar refractivity (Wildman–Crippen MR) is 168 cm³/mol. The maximum atomic E-state index is 17.4. The summed E-state index contributed by atoms with van der Waals surface area (Å²) in [5.41, 5.74) is 7.33. The Morgan fingerprint density at radius 3 is 1.80 bits per heavy atom. The zero-order chi connectivity index (χ0) is 28.3. The first kappa shape index (κ1) is 25.6. The summed E-state index contributed by atoms with van der Waals surface area (Å²) in [7, 11) is 0. The van der Waals surface area contributed by atoms with Gasteiger partial charge in [0, 0.05) is 16.8 Å². The van der Waals surface area contributed by atoms with E-state index in [0.29, 0.717) is 38.2 Å². The van der Waals surface area contributed by atoms with Gasteiger partial charge < -0.3 is 17.6 Å². The molecule has 0 unspecified atom stereocenters. The normalized spacial score (nSPS) is 15.6. The monoisotopic (exact) mass is 603 g/mol. The van der Waals surface area contributed by atoms with Gasteiger partial charge in [-0.15, -0.1) is 0 Å². The van der Waals surface area contributed by atoms with Gasteiger partial charge in [0.15, 0.2) is 0 Å². The molecule has 0 radical (unpaired) electrons. The predicted octanol–water partition coefficient (Wildman–Crippen LogP) is 9.03. The van der Waals surface area contributed by atoms with E-state index in [4.69, 9.17) is 4.99 Å². The van der Waals surface area contributed by atoms with Crippen LogP contribution >= 0.6 is 15.9 Å². The van der Waals surface area contributed by atoms with Crippen LogP contribution in [0.25, 0.3) is 28.0 Å². The second-order valence-electron chi connectivity index (χ2n) is 10.5. The summed E-state index contributed by atoms with van der Waals surface area (Å²) in [5, 5.41) is 0. The summed E-state index contributed by atoms with van der Waals surface area (Å²) in [6, 6.07) is 36.5. The molecule has 0 spiro atoms. The van der Waals surface area contributed by atoms with Gasteiger partial charge in [-0.25, -0.2) is 0 Å². The van der Waals surface area contributed by atoms with E-state index >= 15 is 8.63 Å². The number of amidine groups is 1. The molecular weight excluding hydrogens is 579 g/mol. The Balaban J connectivity index is 1.58. The quantitative estimate of drug-likeness (QED) is 0.183. The van der Waals surface area contributed by atoms with Crippen LogP contribution in [0.3, 0.4) is 0 Å². The molecule has 3 heterocycles. The standard InChI is InChI=1S/C34H25BBrF2N3/c1-22-13-17-25(18-14-22)29-21-28(24-9-5-3-6-10-24)33-39-34-30(26-11-7-4-8-12-26)31(36)32(27-19-15-23(2)16-20-27)41(34)35(37,38)40(29)33/h3-21H,1-2H3. The molecule has 1 aromatic heterocycles. The number of aryl methyl sites for hydroxylation is 2. The van der Waals surface area contributed by atoms with Crippen LogP contribution in [0, 0.1) is 13.8 Å². The number of aliphatic imine (C=N–C) groups is 1. The van der Waals surface area contributed by atoms with Crippen molar-refractivity contribution in [3.05, 3.63) is 142 Å². The lowest BCUT2D eigenvalue weighted by molar-refractivity contribution is -0.291. The summed E-state index contributed by atoms with van der Waals surface area (Å²) in [4.78, 5) is 5.08. The van der Waals surface area contributed by atoms with Crippen molar-refractivity contribution in [3.8, 4) is 22.4 Å². The average Bonchev–Trinajstić information content (AvgIpc) is 3.51. The molecule has 2 aliphatic heterocycles. The SMILES string of the molecule is Cc1ccc(C2=[N+]3C(=Nc4c(-c5ccccc5)cc(-c5ccc(C)cc5)n4[B-]3(F)F)C(c3ccccc3)=C2Br)cc1. The molecule has 4 aromatic carbocycles. The molecule has 7 heteroatoms. The number of rotatable bonds is 4. The number of halogens is 3. The molecule has 0 aliphatic carbocycles. The largest absolute Gasteiger partial charge is 0.642 e. The Morgan fingerprint density at radius 1 is 0.683 bits per heavy atom. The summed E-state index contributed by atoms with van der Waals surface area (Å²) in [6.07, 6.45) is 0. The van der Waals surface area contributed by atoms with E-state index in [0.717, 1.165) is 31.2 Å². The number of benzene rings is 4. The van der Waals surface area contributed by atoms with E-state index in [1.807, 2.05) is 129 Å². The zero-order valence-corrected chi connectivity index (χ0v) is 24.1. The van der Waals surface area contributed by atoms with Crippen molar-refractivity contribution in [3.63, 3.8) is 0 Å². The van der Waals surface area contributed by atoms with Crippen LogP contribution in [-0.4, -0.2) is 27.5 Å². The lowest BCUT2D eigenvalue weighted by Crippen LogP contribution is -2.53. The molecule has 7 rings (SSSR count). The minimum absolute atomic E-state index is 0.238. The second-order valence-corrected chi connectivity index (χ2v) is 11.3. The Kier molecular flexibility index (Phi) is 6.01. The summed E-state index contributed by atoms with van der Waals surface area (Å²) < 4.78 is 37.7. The van der Waals surface area contributed by atoms with Crippen molar-refractivity contribution in [2.75, 3.05) is 0 Å². The highest BCUT2D eigenvalue weighted by molar-refractivity contribution is 9.12. The smallest absolute Gasteiger partial charge is 0.414 e. The first-order valence-corrected chi connectivity index (χ1v) is 14.3. The lowest BCUT2D eigenvalue weighted by Gasteiger charge is -2.32. The second kappa shape index (κ2) is 9.63. The molecule has 5 aromatic rings. The van der Waals surface area contributed by atoms with Gasteiger partial charge in [0.05, 0.1) is 10.1 Å². The van der Waals surface area contributed by atoms with Gasteiger partial charge in [-0.3, -0.25) is 0 Å². The van der Waals surface area contributed by atoms with Gasteiger partial charge >= 0.3 is 6.97 Å². The van der Waals surface area contributed by atoms with Gasteiger partial charge in [-0.05, 0) is 57.5 Å². The fraction of sp³-hybridized carbons (Fsp3) is 0.0588. The van der Waals surface area contributed by atoms with Gasteiger partial charge in [0.1, 0.15) is 5.71 Å². The molecule has 0 saturated heterocycles. The van der Waals surface area contributed by atoms with Crippen LogP contribution in [-0.2, 0) is 0 Å². The Morgan fingerprint density at radius 2 is 1.22 bits per heavy atom. The number of nitrogens with zero attached hydrogens (tertiary/aromatic N) is 3. The highest BCUT2D eigenvalue weighted by Gasteiger charge is 2.55. The summed E-state index contributed by atoms with van der Waals surface area (Å²) in [6.45, 7) is -0.393. The van der Waals surface area contributed by atoms with E-state index < -0.39 is 6.97 Å². The molecule has 0 saturated carbocycles. The molecule has 0 atom stereocenters. The van der Waals surface area contributed by atoms with Gasteiger partial charge in [0.25, 0.3) is 5.84 Å². The van der Waals surface area contributed by atoms with Crippen molar-refractivity contribution in [1.82, 2.24) is 4.48 Å². The highest BCUT2D eigenvalue weighted by atomic mass is 79.9. The van der Waals surface area contributed by atoms with Crippen LogP contribution in [0.1, 0.15) is 22.3 Å². The van der Waals surface area contributed by atoms with Crippen LogP contribution in [0.4, 0.5) is 14.4 Å². The van der Waals surface area contributed by atoms with E-state index in [-0.39, 0.29) is 11.7 Å². The molecule has 2 aliphatic rings. The van der Waals surface area contributed by atoms with Gasteiger partial charge in [0.2, 0.25) is 5.82 Å². The fourth-order valence-electron chi connectivity index (χ4n) is 5.73. The molecule has 0 bridgehead atoms. The molecule has 0 fully saturated rings. The zero-order valence-electron chi connectivity index (χ0n) is 22.5. The van der Waals surface area contributed by atoms with Crippen molar-refractivity contribution in [1.29, 1.82) is 0 Å². The van der Waals surface area contributed by atoms with Crippen molar-refractivity contribution < 1.29 is 13.1 Å². The van der Waals surface area contributed by atoms with Gasteiger partial charge in [-0.2, -0.15) is 0 Å².